The number of hydrogen-bond donors (Lipinski definition) is 1. The van der Waals surface area contributed by atoms with Gasteiger partial charge in [-0.05, 0) is 36.4 Å². The smallest absolute Gasteiger partial charge is 0.242 e. The third-order valence-electron chi connectivity index (χ3n) is 4.68. The predicted molar refractivity (Wildman–Crippen MR) is 105 cm³/mol. The highest BCUT2D eigenvalue weighted by molar-refractivity contribution is 6.30. The van der Waals surface area contributed by atoms with E-state index in [9.17, 15) is 4.79 Å². The van der Waals surface area contributed by atoms with E-state index in [1.807, 2.05) is 45.9 Å². The van der Waals surface area contributed by atoms with Crippen molar-refractivity contribution in [3.8, 4) is 5.75 Å². The number of carbonyl (C=O) groups excluding carboxylic acids is 1. The van der Waals surface area contributed by atoms with E-state index >= 15 is 0 Å². The van der Waals surface area contributed by atoms with E-state index in [0.717, 1.165) is 43.0 Å². The Hall–Kier alpha value is -2.57. The Morgan fingerprint density at radius 1 is 1.11 bits per heavy atom. The van der Waals surface area contributed by atoms with Gasteiger partial charge in [0.05, 0.1) is 11.0 Å². The van der Waals surface area contributed by atoms with Gasteiger partial charge in [0, 0.05) is 31.2 Å². The van der Waals surface area contributed by atoms with Crippen LogP contribution in [0.25, 0.3) is 11.0 Å². The molecule has 1 saturated heterocycles. The molecule has 0 radical (unpaired) electrons. The molecule has 2 heterocycles. The summed E-state index contributed by atoms with van der Waals surface area (Å²) >= 11 is 5.92. The van der Waals surface area contributed by atoms with Crippen LogP contribution in [0, 0.1) is 0 Å². The molecule has 1 fully saturated rings. The number of halogens is 1. The number of piperazine rings is 1. The maximum Gasteiger partial charge on any atom is 0.242 e. The van der Waals surface area contributed by atoms with Gasteiger partial charge in [0.15, 0.2) is 0 Å². The molecular weight excluding hydrogens is 364 g/mol. The van der Waals surface area contributed by atoms with Crippen LogP contribution >= 0.6 is 11.6 Å². The molecule has 27 heavy (non-hydrogen) atoms. The number of imidazole rings is 1. The fraction of sp³-hybridized carbons (Fsp3) is 0.300. The summed E-state index contributed by atoms with van der Waals surface area (Å²) in [6.45, 7) is 3.70. The lowest BCUT2D eigenvalue weighted by Crippen LogP contribution is -2.47. The maximum atomic E-state index is 12.8. The molecule has 1 aromatic heterocycles. The van der Waals surface area contributed by atoms with Crippen LogP contribution in [0.2, 0.25) is 5.02 Å². The van der Waals surface area contributed by atoms with Gasteiger partial charge in [-0.2, -0.15) is 0 Å². The molecule has 1 N–H and O–H groups in total. The molecule has 3 aromatic rings. The van der Waals surface area contributed by atoms with Crippen molar-refractivity contribution < 1.29 is 9.53 Å². The topological polar surface area (TPSA) is 59.4 Å². The monoisotopic (exact) mass is 384 g/mol. The maximum absolute atomic E-state index is 12.8. The zero-order valence-electron chi connectivity index (χ0n) is 14.9. The lowest BCUT2D eigenvalue weighted by molar-refractivity contribution is -0.132. The number of rotatable bonds is 5. The lowest BCUT2D eigenvalue weighted by atomic mass is 10.3. The first-order chi connectivity index (χ1) is 13.2. The zero-order chi connectivity index (χ0) is 18.6. The van der Waals surface area contributed by atoms with Crippen LogP contribution in [0.5, 0.6) is 5.75 Å². The summed E-state index contributed by atoms with van der Waals surface area (Å²) in [5.74, 6) is 1.55. The zero-order valence-corrected chi connectivity index (χ0v) is 15.7. The number of carbonyl (C=O) groups is 1. The van der Waals surface area contributed by atoms with Crippen LogP contribution in [-0.2, 0) is 17.9 Å². The van der Waals surface area contributed by atoms with E-state index in [0.29, 0.717) is 10.8 Å². The molecular formula is C20H21ClN4O2. The molecule has 1 amide bonds. The molecule has 140 valence electrons. The first-order valence-corrected chi connectivity index (χ1v) is 9.39. The van der Waals surface area contributed by atoms with Crippen molar-refractivity contribution in [2.45, 2.75) is 13.2 Å². The van der Waals surface area contributed by atoms with Crippen LogP contribution in [0.4, 0.5) is 0 Å². The first kappa shape index (κ1) is 17.8. The highest BCUT2D eigenvalue weighted by Crippen LogP contribution is 2.20. The number of nitrogens with one attached hydrogen (secondary N) is 1. The van der Waals surface area contributed by atoms with Crippen LogP contribution in [0.1, 0.15) is 5.82 Å². The van der Waals surface area contributed by atoms with Crippen molar-refractivity contribution in [2.24, 2.45) is 0 Å². The standard InChI is InChI=1S/C20H21ClN4O2/c21-15-5-7-16(8-6-15)27-14-19-23-17-3-1-2-4-18(17)25(19)13-20(26)24-11-9-22-10-12-24/h1-8,22H,9-14H2. The van der Waals surface area contributed by atoms with Gasteiger partial charge < -0.3 is 19.5 Å². The molecule has 2 aromatic carbocycles. The average Bonchev–Trinajstić information content (AvgIpc) is 3.06. The third-order valence-corrected chi connectivity index (χ3v) is 4.93. The van der Waals surface area contributed by atoms with Gasteiger partial charge in [-0.25, -0.2) is 4.98 Å². The van der Waals surface area contributed by atoms with Gasteiger partial charge in [0.25, 0.3) is 0 Å². The fourth-order valence-electron chi connectivity index (χ4n) is 3.24. The van der Waals surface area contributed by atoms with E-state index in [4.69, 9.17) is 16.3 Å². The second-order valence-electron chi connectivity index (χ2n) is 6.48. The molecule has 7 heteroatoms. The van der Waals surface area contributed by atoms with E-state index < -0.39 is 0 Å². The number of amides is 1. The highest BCUT2D eigenvalue weighted by Gasteiger charge is 2.20. The molecule has 0 atom stereocenters. The fourth-order valence-corrected chi connectivity index (χ4v) is 3.37. The Labute approximate surface area is 162 Å². The van der Waals surface area contributed by atoms with Crippen LogP contribution < -0.4 is 10.1 Å². The van der Waals surface area contributed by atoms with Gasteiger partial charge in [-0.15, -0.1) is 0 Å². The molecule has 0 spiro atoms. The molecule has 0 aliphatic carbocycles. The van der Waals surface area contributed by atoms with Crippen LogP contribution in [0.3, 0.4) is 0 Å². The van der Waals surface area contributed by atoms with Gasteiger partial charge in [-0.3, -0.25) is 4.79 Å². The highest BCUT2D eigenvalue weighted by atomic mass is 35.5. The van der Waals surface area contributed by atoms with Gasteiger partial charge in [0.1, 0.15) is 24.7 Å². The van der Waals surface area contributed by atoms with Crippen molar-refractivity contribution in [3.63, 3.8) is 0 Å². The average molecular weight is 385 g/mol. The Bertz CT molecular complexity index is 933. The summed E-state index contributed by atoms with van der Waals surface area (Å²) in [5, 5.41) is 3.93. The normalized spacial score (nSPS) is 14.5. The summed E-state index contributed by atoms with van der Waals surface area (Å²) in [4.78, 5) is 19.3. The van der Waals surface area contributed by atoms with Crippen molar-refractivity contribution in [1.82, 2.24) is 19.8 Å². The Balaban J connectivity index is 1.56. The van der Waals surface area contributed by atoms with E-state index in [1.54, 1.807) is 12.1 Å². The molecule has 1 aliphatic heterocycles. The van der Waals surface area contributed by atoms with E-state index in [1.165, 1.54) is 0 Å². The Morgan fingerprint density at radius 2 is 1.85 bits per heavy atom. The minimum absolute atomic E-state index is 0.104. The van der Waals surface area contributed by atoms with Crippen molar-refractivity contribution in [3.05, 3.63) is 59.4 Å². The number of benzene rings is 2. The van der Waals surface area contributed by atoms with E-state index in [2.05, 4.69) is 10.3 Å². The second kappa shape index (κ2) is 7.98. The van der Waals surface area contributed by atoms with E-state index in [-0.39, 0.29) is 19.1 Å². The summed E-state index contributed by atoms with van der Waals surface area (Å²) in [7, 11) is 0. The molecule has 6 nitrogen and oxygen atoms in total. The van der Waals surface area contributed by atoms with Crippen molar-refractivity contribution in [2.75, 3.05) is 26.2 Å². The Kier molecular flexibility index (Phi) is 5.27. The number of ether oxygens (including phenoxy) is 1. The molecule has 1 aliphatic rings. The molecule has 0 bridgehead atoms. The lowest BCUT2D eigenvalue weighted by Gasteiger charge is -2.27. The number of fused-ring (bicyclic) bond motifs is 1. The molecule has 0 unspecified atom stereocenters. The van der Waals surface area contributed by atoms with Crippen molar-refractivity contribution in [1.29, 1.82) is 0 Å². The minimum Gasteiger partial charge on any atom is -0.486 e. The predicted octanol–water partition coefficient (Wildman–Crippen LogP) is 2.70. The summed E-state index contributed by atoms with van der Waals surface area (Å²) in [5.41, 5.74) is 1.80. The SMILES string of the molecule is O=C(Cn1c(COc2ccc(Cl)cc2)nc2ccccc21)N1CCNCC1. The Morgan fingerprint density at radius 3 is 2.63 bits per heavy atom. The van der Waals surface area contributed by atoms with Gasteiger partial charge >= 0.3 is 0 Å². The third kappa shape index (κ3) is 4.07. The largest absolute Gasteiger partial charge is 0.486 e. The second-order valence-corrected chi connectivity index (χ2v) is 6.91. The number of nitrogens with zero attached hydrogens (tertiary/aromatic N) is 3. The molecule has 0 saturated carbocycles. The summed E-state index contributed by atoms with van der Waals surface area (Å²) in [6, 6.07) is 15.1. The van der Waals surface area contributed by atoms with Crippen LogP contribution in [0.15, 0.2) is 48.5 Å². The quantitative estimate of drug-likeness (QED) is 0.734. The summed E-state index contributed by atoms with van der Waals surface area (Å²) in [6.07, 6.45) is 0. The van der Waals surface area contributed by atoms with Crippen LogP contribution in [-0.4, -0.2) is 46.5 Å². The summed E-state index contributed by atoms with van der Waals surface area (Å²) < 4.78 is 7.82. The number of hydrogen-bond acceptors (Lipinski definition) is 4. The number of para-hydroxylation sites is 2. The van der Waals surface area contributed by atoms with Gasteiger partial charge in [-0.1, -0.05) is 23.7 Å². The number of aromatic nitrogens is 2. The molecule has 4 rings (SSSR count). The minimum atomic E-state index is 0.104. The van der Waals surface area contributed by atoms with Crippen molar-refractivity contribution >= 4 is 28.5 Å². The van der Waals surface area contributed by atoms with Gasteiger partial charge in [0.2, 0.25) is 5.91 Å². The first-order valence-electron chi connectivity index (χ1n) is 9.02.